The number of benzene rings is 1. The van der Waals surface area contributed by atoms with Crippen LogP contribution in [0.2, 0.25) is 0 Å². The van der Waals surface area contributed by atoms with Crippen molar-refractivity contribution < 1.29 is 4.39 Å². The molecule has 0 saturated carbocycles. The second-order valence-corrected chi connectivity index (χ2v) is 4.75. The summed E-state index contributed by atoms with van der Waals surface area (Å²) in [5.41, 5.74) is 2.20. The SMILES string of the molecule is Fc1cccc2c1CC(C1CCCN1)C2. The monoisotopic (exact) mass is 205 g/mol. The van der Waals surface area contributed by atoms with Crippen molar-refractivity contribution in [2.24, 2.45) is 5.92 Å². The fourth-order valence-electron chi connectivity index (χ4n) is 3.04. The summed E-state index contributed by atoms with van der Waals surface area (Å²) in [5, 5.41) is 3.53. The van der Waals surface area contributed by atoms with Crippen molar-refractivity contribution in [2.75, 3.05) is 6.54 Å². The summed E-state index contributed by atoms with van der Waals surface area (Å²) in [6, 6.07) is 6.12. The third-order valence-corrected chi connectivity index (χ3v) is 3.83. The maximum atomic E-state index is 13.5. The Morgan fingerprint density at radius 2 is 2.20 bits per heavy atom. The molecule has 2 atom stereocenters. The fraction of sp³-hybridized carbons (Fsp3) is 0.538. The minimum Gasteiger partial charge on any atom is -0.314 e. The smallest absolute Gasteiger partial charge is 0.126 e. The fourth-order valence-corrected chi connectivity index (χ4v) is 3.04. The maximum absolute atomic E-state index is 13.5. The van der Waals surface area contributed by atoms with Crippen LogP contribution in [0.4, 0.5) is 4.39 Å². The molecule has 1 heterocycles. The number of rotatable bonds is 1. The molecule has 2 heteroatoms. The van der Waals surface area contributed by atoms with E-state index in [2.05, 4.69) is 11.4 Å². The maximum Gasteiger partial charge on any atom is 0.126 e. The lowest BCUT2D eigenvalue weighted by Gasteiger charge is -2.17. The van der Waals surface area contributed by atoms with E-state index in [4.69, 9.17) is 0 Å². The Bertz CT molecular complexity index is 369. The van der Waals surface area contributed by atoms with Gasteiger partial charge in [0.05, 0.1) is 0 Å². The summed E-state index contributed by atoms with van der Waals surface area (Å²) in [4.78, 5) is 0. The van der Waals surface area contributed by atoms with E-state index in [1.807, 2.05) is 6.07 Å². The van der Waals surface area contributed by atoms with Gasteiger partial charge >= 0.3 is 0 Å². The van der Waals surface area contributed by atoms with E-state index in [1.54, 1.807) is 6.07 Å². The summed E-state index contributed by atoms with van der Waals surface area (Å²) in [6.45, 7) is 1.14. The predicted octanol–water partition coefficient (Wildman–Crippen LogP) is 2.29. The molecular weight excluding hydrogens is 189 g/mol. The van der Waals surface area contributed by atoms with E-state index in [1.165, 1.54) is 18.4 Å². The van der Waals surface area contributed by atoms with Crippen LogP contribution < -0.4 is 5.32 Å². The van der Waals surface area contributed by atoms with Crippen LogP contribution in [0.15, 0.2) is 18.2 Å². The van der Waals surface area contributed by atoms with E-state index in [-0.39, 0.29) is 5.82 Å². The first-order valence-electron chi connectivity index (χ1n) is 5.84. The third kappa shape index (κ3) is 1.57. The standard InChI is InChI=1S/C13H16FN/c14-12-4-1-3-9-7-10(8-11(9)12)13-5-2-6-15-13/h1,3-4,10,13,15H,2,5-8H2. The van der Waals surface area contributed by atoms with Crippen molar-refractivity contribution in [3.05, 3.63) is 35.1 Å². The predicted molar refractivity (Wildman–Crippen MR) is 58.3 cm³/mol. The van der Waals surface area contributed by atoms with Crippen LogP contribution in [0.1, 0.15) is 24.0 Å². The van der Waals surface area contributed by atoms with Crippen molar-refractivity contribution >= 4 is 0 Å². The molecule has 80 valence electrons. The van der Waals surface area contributed by atoms with E-state index < -0.39 is 0 Å². The Balaban J connectivity index is 1.82. The molecule has 1 nitrogen and oxygen atoms in total. The first kappa shape index (κ1) is 9.34. The average Bonchev–Trinajstić information content (AvgIpc) is 2.86. The van der Waals surface area contributed by atoms with Gasteiger partial charge in [-0.1, -0.05) is 12.1 Å². The van der Waals surface area contributed by atoms with E-state index in [9.17, 15) is 4.39 Å². The Kier molecular flexibility index (Phi) is 2.24. The van der Waals surface area contributed by atoms with Crippen molar-refractivity contribution in [2.45, 2.75) is 31.7 Å². The Morgan fingerprint density at radius 1 is 1.27 bits per heavy atom. The quantitative estimate of drug-likeness (QED) is 0.741. The van der Waals surface area contributed by atoms with E-state index >= 15 is 0 Å². The number of halogens is 1. The van der Waals surface area contributed by atoms with Gasteiger partial charge in [0, 0.05) is 6.04 Å². The Labute approximate surface area is 89.7 Å². The Morgan fingerprint density at radius 3 is 2.93 bits per heavy atom. The minimum atomic E-state index is -0.00648. The molecule has 2 aliphatic rings. The van der Waals surface area contributed by atoms with Crippen LogP contribution >= 0.6 is 0 Å². The molecule has 1 aliphatic carbocycles. The number of hydrogen-bond acceptors (Lipinski definition) is 1. The zero-order valence-electron chi connectivity index (χ0n) is 8.80. The molecule has 0 spiro atoms. The second kappa shape index (κ2) is 3.60. The molecule has 1 fully saturated rings. The summed E-state index contributed by atoms with van der Waals surface area (Å²) in [5.74, 6) is 0.618. The van der Waals surface area contributed by atoms with Gasteiger partial charge in [-0.15, -0.1) is 0 Å². The van der Waals surface area contributed by atoms with E-state index in [0.29, 0.717) is 12.0 Å². The lowest BCUT2D eigenvalue weighted by Crippen LogP contribution is -2.30. The largest absolute Gasteiger partial charge is 0.314 e. The number of fused-ring (bicyclic) bond motifs is 1. The van der Waals surface area contributed by atoms with Crippen molar-refractivity contribution in [1.82, 2.24) is 5.32 Å². The number of nitrogens with one attached hydrogen (secondary N) is 1. The molecule has 1 aromatic carbocycles. The zero-order valence-corrected chi connectivity index (χ0v) is 8.80. The van der Waals surface area contributed by atoms with Gasteiger partial charge in [0.25, 0.3) is 0 Å². The van der Waals surface area contributed by atoms with E-state index in [0.717, 1.165) is 24.9 Å². The molecule has 1 aromatic rings. The molecule has 15 heavy (non-hydrogen) atoms. The third-order valence-electron chi connectivity index (χ3n) is 3.83. The topological polar surface area (TPSA) is 12.0 Å². The molecule has 0 bridgehead atoms. The van der Waals surface area contributed by atoms with Crippen LogP contribution in [0, 0.1) is 11.7 Å². The lowest BCUT2D eigenvalue weighted by molar-refractivity contribution is 0.403. The lowest BCUT2D eigenvalue weighted by atomic mass is 9.95. The van der Waals surface area contributed by atoms with Crippen LogP contribution in [0.3, 0.4) is 0 Å². The van der Waals surface area contributed by atoms with Gasteiger partial charge in [-0.25, -0.2) is 4.39 Å². The highest BCUT2D eigenvalue weighted by molar-refractivity contribution is 5.34. The van der Waals surface area contributed by atoms with Crippen LogP contribution in [0.25, 0.3) is 0 Å². The van der Waals surface area contributed by atoms with Gasteiger partial charge in [-0.3, -0.25) is 0 Å². The van der Waals surface area contributed by atoms with Crippen LogP contribution in [0.5, 0.6) is 0 Å². The minimum absolute atomic E-state index is 0.00648. The highest BCUT2D eigenvalue weighted by Gasteiger charge is 2.31. The molecule has 3 rings (SSSR count). The molecule has 1 N–H and O–H groups in total. The zero-order chi connectivity index (χ0) is 10.3. The van der Waals surface area contributed by atoms with Crippen molar-refractivity contribution in [3.8, 4) is 0 Å². The Hall–Kier alpha value is -0.890. The molecule has 2 unspecified atom stereocenters. The van der Waals surface area contributed by atoms with Crippen molar-refractivity contribution in [3.63, 3.8) is 0 Å². The van der Waals surface area contributed by atoms with Gasteiger partial charge in [0.15, 0.2) is 0 Å². The molecular formula is C13H16FN. The first-order chi connectivity index (χ1) is 7.34. The molecule has 1 saturated heterocycles. The van der Waals surface area contributed by atoms with Gasteiger partial charge in [0.2, 0.25) is 0 Å². The highest BCUT2D eigenvalue weighted by atomic mass is 19.1. The summed E-state index contributed by atoms with van der Waals surface area (Å²) in [7, 11) is 0. The van der Waals surface area contributed by atoms with Crippen molar-refractivity contribution in [1.29, 1.82) is 0 Å². The summed E-state index contributed by atoms with van der Waals surface area (Å²) < 4.78 is 13.5. The van der Waals surface area contributed by atoms with Crippen LogP contribution in [-0.2, 0) is 12.8 Å². The van der Waals surface area contributed by atoms with Crippen LogP contribution in [-0.4, -0.2) is 12.6 Å². The molecule has 0 radical (unpaired) electrons. The highest BCUT2D eigenvalue weighted by Crippen LogP contribution is 2.32. The molecule has 0 amide bonds. The first-order valence-corrected chi connectivity index (χ1v) is 5.84. The number of hydrogen-bond donors (Lipinski definition) is 1. The average molecular weight is 205 g/mol. The van der Waals surface area contributed by atoms with Gasteiger partial charge < -0.3 is 5.32 Å². The van der Waals surface area contributed by atoms with Gasteiger partial charge in [0.1, 0.15) is 5.82 Å². The molecule has 1 aliphatic heterocycles. The van der Waals surface area contributed by atoms with Gasteiger partial charge in [-0.2, -0.15) is 0 Å². The molecule has 0 aromatic heterocycles. The second-order valence-electron chi connectivity index (χ2n) is 4.75. The van der Waals surface area contributed by atoms with Gasteiger partial charge in [-0.05, 0) is 55.3 Å². The normalized spacial score (nSPS) is 29.4. The summed E-state index contributed by atoms with van der Waals surface area (Å²) in [6.07, 6.45) is 4.53. The summed E-state index contributed by atoms with van der Waals surface area (Å²) >= 11 is 0.